The lowest BCUT2D eigenvalue weighted by Crippen LogP contribution is -2.49. The Balaban J connectivity index is 1.75. The minimum atomic E-state index is -1.33. The van der Waals surface area contributed by atoms with Gasteiger partial charge in [-0.15, -0.1) is 0 Å². The highest BCUT2D eigenvalue weighted by Gasteiger charge is 2.38. The fraction of sp³-hybridized carbons (Fsp3) is 0.382. The zero-order valence-corrected chi connectivity index (χ0v) is 26.5. The molecule has 11 heteroatoms. The van der Waals surface area contributed by atoms with Crippen molar-refractivity contribution in [3.63, 3.8) is 0 Å². The molecule has 1 aliphatic rings. The molecule has 11 nitrogen and oxygen atoms in total. The van der Waals surface area contributed by atoms with Crippen molar-refractivity contribution in [1.29, 1.82) is 0 Å². The summed E-state index contributed by atoms with van der Waals surface area (Å²) >= 11 is 0. The summed E-state index contributed by atoms with van der Waals surface area (Å²) in [7, 11) is 5.80. The molecule has 240 valence electrons. The van der Waals surface area contributed by atoms with Crippen LogP contribution in [0.3, 0.4) is 0 Å². The highest BCUT2D eigenvalue weighted by Crippen LogP contribution is 2.48. The van der Waals surface area contributed by atoms with E-state index in [0.29, 0.717) is 17.1 Å². The summed E-state index contributed by atoms with van der Waals surface area (Å²) in [5.41, 5.74) is 0.898. The number of aliphatic carboxylic acids is 1. The molecule has 3 aromatic carbocycles. The minimum Gasteiger partial charge on any atom is -0.495 e. The van der Waals surface area contributed by atoms with Crippen LogP contribution in [0.5, 0.6) is 28.7 Å². The first-order valence-corrected chi connectivity index (χ1v) is 14.4. The Morgan fingerprint density at radius 1 is 0.911 bits per heavy atom. The van der Waals surface area contributed by atoms with Crippen molar-refractivity contribution in [2.75, 3.05) is 39.9 Å². The first-order chi connectivity index (χ1) is 21.4. The van der Waals surface area contributed by atoms with Gasteiger partial charge >= 0.3 is 12.1 Å². The summed E-state index contributed by atoms with van der Waals surface area (Å²) in [6.45, 7) is 5.19. The molecule has 2 unspecified atom stereocenters. The second-order valence-corrected chi connectivity index (χ2v) is 11.5. The van der Waals surface area contributed by atoms with E-state index in [2.05, 4.69) is 0 Å². The third-order valence-corrected chi connectivity index (χ3v) is 7.29. The van der Waals surface area contributed by atoms with Crippen molar-refractivity contribution in [3.8, 4) is 28.7 Å². The monoisotopic (exact) mass is 621 g/mol. The van der Waals surface area contributed by atoms with Gasteiger partial charge in [0.05, 0.1) is 46.7 Å². The zero-order chi connectivity index (χ0) is 32.9. The molecule has 1 N–H and O–H groups in total. The number of Topliss-reactive ketones (excluding diaryl/α,β-unsaturated/α-hetero) is 1. The van der Waals surface area contributed by atoms with Crippen LogP contribution in [0.4, 0.5) is 10.5 Å². The summed E-state index contributed by atoms with van der Waals surface area (Å²) in [4.78, 5) is 41.4. The molecule has 0 radical (unpaired) electrons. The lowest BCUT2D eigenvalue weighted by Gasteiger charge is -2.33. The fourth-order valence-corrected chi connectivity index (χ4v) is 5.27. The van der Waals surface area contributed by atoms with Gasteiger partial charge in [0.2, 0.25) is 5.75 Å². The molecule has 45 heavy (non-hydrogen) atoms. The van der Waals surface area contributed by atoms with Gasteiger partial charge in [-0.1, -0.05) is 36.4 Å². The largest absolute Gasteiger partial charge is 0.495 e. The van der Waals surface area contributed by atoms with E-state index in [0.717, 1.165) is 10.5 Å². The van der Waals surface area contributed by atoms with Gasteiger partial charge in [0.15, 0.2) is 17.3 Å². The number of amides is 1. The number of hydrogen-bond acceptors (Lipinski definition) is 9. The normalized spacial score (nSPS) is 14.8. The summed E-state index contributed by atoms with van der Waals surface area (Å²) in [6.07, 6.45) is -0.622. The molecule has 0 saturated heterocycles. The Morgan fingerprint density at radius 3 is 2.16 bits per heavy atom. The molecule has 1 heterocycles. The van der Waals surface area contributed by atoms with Crippen molar-refractivity contribution in [3.05, 3.63) is 71.3 Å². The zero-order valence-electron chi connectivity index (χ0n) is 26.5. The molecule has 4 rings (SSSR count). The first-order valence-electron chi connectivity index (χ1n) is 14.4. The number of hydrogen-bond donors (Lipinski definition) is 1. The van der Waals surface area contributed by atoms with E-state index in [1.807, 2.05) is 6.07 Å². The van der Waals surface area contributed by atoms with Crippen molar-refractivity contribution in [2.45, 2.75) is 45.3 Å². The first kappa shape index (κ1) is 33.0. The molecule has 3 aromatic rings. The van der Waals surface area contributed by atoms with Gasteiger partial charge in [-0.05, 0) is 50.5 Å². The van der Waals surface area contributed by atoms with Crippen LogP contribution in [0.1, 0.15) is 42.3 Å². The van der Waals surface area contributed by atoms with Gasteiger partial charge in [-0.3, -0.25) is 9.69 Å². The van der Waals surface area contributed by atoms with Gasteiger partial charge in [-0.2, -0.15) is 0 Å². The van der Waals surface area contributed by atoms with E-state index in [4.69, 9.17) is 28.4 Å². The van der Waals surface area contributed by atoms with Crippen molar-refractivity contribution >= 4 is 23.5 Å². The van der Waals surface area contributed by atoms with Gasteiger partial charge in [0.1, 0.15) is 28.7 Å². The SMILES string of the molecule is COc1ccc(CC2COc3cc(OC)c(OC)c(OC)c3C2=O)cc1N(C(=O)OC(C)(C)C)C(Cc1ccccc1)C(=O)O. The summed E-state index contributed by atoms with van der Waals surface area (Å²) in [5, 5.41) is 10.4. The van der Waals surface area contributed by atoms with Crippen LogP contribution in [-0.2, 0) is 22.4 Å². The van der Waals surface area contributed by atoms with Gasteiger partial charge in [0, 0.05) is 12.5 Å². The highest BCUT2D eigenvalue weighted by molar-refractivity contribution is 6.05. The molecule has 0 saturated carbocycles. The number of anilines is 1. The van der Waals surface area contributed by atoms with Gasteiger partial charge in [0.25, 0.3) is 0 Å². The number of fused-ring (bicyclic) bond motifs is 1. The summed E-state index contributed by atoms with van der Waals surface area (Å²) in [6, 6.07) is 14.3. The molecule has 0 fully saturated rings. The van der Waals surface area contributed by atoms with Gasteiger partial charge < -0.3 is 33.5 Å². The Morgan fingerprint density at radius 2 is 1.58 bits per heavy atom. The van der Waals surface area contributed by atoms with Crippen LogP contribution in [0, 0.1) is 5.92 Å². The van der Waals surface area contributed by atoms with Crippen LogP contribution >= 0.6 is 0 Å². The molecular weight excluding hydrogens is 582 g/mol. The number of carboxylic acid groups (broad SMARTS) is 1. The fourth-order valence-electron chi connectivity index (χ4n) is 5.27. The quantitative estimate of drug-likeness (QED) is 0.289. The van der Waals surface area contributed by atoms with Crippen LogP contribution in [-0.4, -0.2) is 69.6 Å². The number of carbonyl (C=O) groups excluding carboxylic acids is 2. The topological polar surface area (TPSA) is 130 Å². The number of methoxy groups -OCH3 is 4. The smallest absolute Gasteiger partial charge is 0.415 e. The van der Waals surface area contributed by atoms with Crippen molar-refractivity contribution < 1.29 is 47.9 Å². The minimum absolute atomic E-state index is 0.0135. The molecule has 0 aromatic heterocycles. The van der Waals surface area contributed by atoms with Crippen LogP contribution in [0.25, 0.3) is 0 Å². The molecule has 0 aliphatic carbocycles. The van der Waals surface area contributed by atoms with Gasteiger partial charge in [-0.25, -0.2) is 9.59 Å². The summed E-state index contributed by atoms with van der Waals surface area (Å²) < 4.78 is 33.7. The molecule has 0 spiro atoms. The number of rotatable bonds is 11. The van der Waals surface area contributed by atoms with Crippen molar-refractivity contribution in [2.24, 2.45) is 5.92 Å². The number of nitrogens with zero attached hydrogens (tertiary/aromatic N) is 1. The Hall–Kier alpha value is -4.93. The predicted molar refractivity (Wildman–Crippen MR) is 166 cm³/mol. The van der Waals surface area contributed by atoms with E-state index in [1.165, 1.54) is 28.4 Å². The Bertz CT molecular complexity index is 1550. The molecule has 1 aliphatic heterocycles. The second-order valence-electron chi connectivity index (χ2n) is 11.5. The van der Waals surface area contributed by atoms with E-state index in [9.17, 15) is 19.5 Å². The molecule has 0 bridgehead atoms. The number of ketones is 1. The summed E-state index contributed by atoms with van der Waals surface area (Å²) in [5.74, 6) is -0.636. The number of carbonyl (C=O) groups is 3. The lowest BCUT2D eigenvalue weighted by molar-refractivity contribution is -0.138. The molecule has 2 atom stereocenters. The maximum Gasteiger partial charge on any atom is 0.415 e. The van der Waals surface area contributed by atoms with Crippen LogP contribution in [0.15, 0.2) is 54.6 Å². The predicted octanol–water partition coefficient (Wildman–Crippen LogP) is 5.59. The number of ether oxygens (including phenoxy) is 6. The maximum atomic E-state index is 13.8. The van der Waals surface area contributed by atoms with E-state index < -0.39 is 29.6 Å². The average molecular weight is 622 g/mol. The van der Waals surface area contributed by atoms with Crippen molar-refractivity contribution in [1.82, 2.24) is 0 Å². The number of benzene rings is 3. The third-order valence-electron chi connectivity index (χ3n) is 7.29. The van der Waals surface area contributed by atoms with E-state index >= 15 is 0 Å². The molecule has 1 amide bonds. The average Bonchev–Trinajstić information content (AvgIpc) is 3.00. The Kier molecular flexibility index (Phi) is 10.1. The highest BCUT2D eigenvalue weighted by atomic mass is 16.6. The lowest BCUT2D eigenvalue weighted by atomic mass is 9.88. The molecular formula is C34H39NO10. The van der Waals surface area contributed by atoms with Crippen LogP contribution in [0.2, 0.25) is 0 Å². The van der Waals surface area contributed by atoms with Crippen LogP contribution < -0.4 is 28.6 Å². The third kappa shape index (κ3) is 7.25. The Labute approximate surface area is 262 Å². The standard InChI is InChI=1S/C34H39NO10/c1-34(2,3)45-33(39)35(24(32(37)38)16-20-11-9-8-10-12-20)23-17-21(13-14-25(23)40-4)15-22-19-44-26-18-27(41-5)30(42-6)31(43-7)28(26)29(22)36/h8-14,17-18,22,24H,15-16,19H2,1-7H3,(H,37,38). The maximum absolute atomic E-state index is 13.8. The van der Waals surface area contributed by atoms with E-state index in [-0.39, 0.29) is 53.7 Å². The number of carboxylic acids is 1. The second kappa shape index (κ2) is 13.8. The van der Waals surface area contributed by atoms with E-state index in [1.54, 1.807) is 69.3 Å².